The Bertz CT molecular complexity index is 824. The SMILES string of the molecule is O=C(c1ccc(F)c(F)c1)c1cc2cc(Br)ccc2o1. The van der Waals surface area contributed by atoms with Crippen molar-refractivity contribution in [2.24, 2.45) is 0 Å². The molecule has 0 fully saturated rings. The molecule has 5 heteroatoms. The quantitative estimate of drug-likeness (QED) is 0.634. The van der Waals surface area contributed by atoms with Gasteiger partial charge in [0.05, 0.1) is 0 Å². The second kappa shape index (κ2) is 4.83. The minimum atomic E-state index is -1.06. The molecule has 2 aromatic carbocycles. The average Bonchev–Trinajstić information content (AvgIpc) is 2.84. The lowest BCUT2D eigenvalue weighted by Gasteiger charge is -1.98. The van der Waals surface area contributed by atoms with Gasteiger partial charge in [-0.05, 0) is 42.5 Å². The van der Waals surface area contributed by atoms with Crippen LogP contribution in [0, 0.1) is 11.6 Å². The average molecular weight is 337 g/mol. The summed E-state index contributed by atoms with van der Waals surface area (Å²) in [6.45, 7) is 0. The van der Waals surface area contributed by atoms with Crippen LogP contribution in [-0.2, 0) is 0 Å². The molecule has 0 radical (unpaired) electrons. The van der Waals surface area contributed by atoms with Crippen LogP contribution in [0.5, 0.6) is 0 Å². The highest BCUT2D eigenvalue weighted by Crippen LogP contribution is 2.25. The number of hydrogen-bond acceptors (Lipinski definition) is 2. The van der Waals surface area contributed by atoms with Crippen LogP contribution in [0.25, 0.3) is 11.0 Å². The molecule has 0 bridgehead atoms. The van der Waals surface area contributed by atoms with Gasteiger partial charge in [0.1, 0.15) is 5.58 Å². The predicted octanol–water partition coefficient (Wildman–Crippen LogP) is 4.70. The monoisotopic (exact) mass is 336 g/mol. The largest absolute Gasteiger partial charge is 0.453 e. The van der Waals surface area contributed by atoms with Crippen LogP contribution < -0.4 is 0 Å². The van der Waals surface area contributed by atoms with Gasteiger partial charge >= 0.3 is 0 Å². The zero-order valence-electron chi connectivity index (χ0n) is 9.99. The van der Waals surface area contributed by atoms with Crippen molar-refractivity contribution in [3.63, 3.8) is 0 Å². The Balaban J connectivity index is 2.05. The lowest BCUT2D eigenvalue weighted by molar-refractivity contribution is 0.101. The number of fused-ring (bicyclic) bond motifs is 1. The van der Waals surface area contributed by atoms with Crippen LogP contribution in [0.1, 0.15) is 16.1 Å². The summed E-state index contributed by atoms with van der Waals surface area (Å²) >= 11 is 3.32. The lowest BCUT2D eigenvalue weighted by atomic mass is 10.1. The number of carbonyl (C=O) groups is 1. The van der Waals surface area contributed by atoms with Crippen molar-refractivity contribution in [3.8, 4) is 0 Å². The fourth-order valence-electron chi connectivity index (χ4n) is 1.91. The summed E-state index contributed by atoms with van der Waals surface area (Å²) in [4.78, 5) is 12.2. The van der Waals surface area contributed by atoms with Crippen molar-refractivity contribution in [2.75, 3.05) is 0 Å². The Kier molecular flexibility index (Phi) is 3.14. The molecule has 0 saturated carbocycles. The molecular formula is C15H7BrF2O2. The van der Waals surface area contributed by atoms with E-state index < -0.39 is 17.4 Å². The summed E-state index contributed by atoms with van der Waals surface area (Å²) < 4.78 is 32.3. The minimum Gasteiger partial charge on any atom is -0.453 e. The van der Waals surface area contributed by atoms with E-state index in [9.17, 15) is 13.6 Å². The van der Waals surface area contributed by atoms with Crippen molar-refractivity contribution in [1.29, 1.82) is 0 Å². The van der Waals surface area contributed by atoms with E-state index in [1.807, 2.05) is 0 Å². The van der Waals surface area contributed by atoms with Crippen molar-refractivity contribution < 1.29 is 18.0 Å². The third-order valence-corrected chi connectivity index (χ3v) is 3.38. The highest BCUT2D eigenvalue weighted by molar-refractivity contribution is 9.10. The molecule has 0 spiro atoms. The van der Waals surface area contributed by atoms with Crippen molar-refractivity contribution in [1.82, 2.24) is 0 Å². The summed E-state index contributed by atoms with van der Waals surface area (Å²) in [7, 11) is 0. The summed E-state index contributed by atoms with van der Waals surface area (Å²) in [5, 5.41) is 0.755. The van der Waals surface area contributed by atoms with Gasteiger partial charge in [-0.25, -0.2) is 8.78 Å². The molecule has 0 amide bonds. The van der Waals surface area contributed by atoms with Crippen LogP contribution in [-0.4, -0.2) is 5.78 Å². The smallest absolute Gasteiger partial charge is 0.228 e. The number of rotatable bonds is 2. The topological polar surface area (TPSA) is 30.2 Å². The summed E-state index contributed by atoms with van der Waals surface area (Å²) in [6.07, 6.45) is 0. The van der Waals surface area contributed by atoms with Crippen LogP contribution in [0.4, 0.5) is 8.78 Å². The van der Waals surface area contributed by atoms with Gasteiger partial charge in [-0.1, -0.05) is 15.9 Å². The first kappa shape index (κ1) is 13.0. The minimum absolute atomic E-state index is 0.0435. The van der Waals surface area contributed by atoms with E-state index >= 15 is 0 Å². The predicted molar refractivity (Wildman–Crippen MR) is 73.7 cm³/mol. The van der Waals surface area contributed by atoms with Gasteiger partial charge in [-0.3, -0.25) is 4.79 Å². The Morgan fingerprint density at radius 3 is 2.55 bits per heavy atom. The van der Waals surface area contributed by atoms with Gasteiger partial charge in [0, 0.05) is 15.4 Å². The van der Waals surface area contributed by atoms with Crippen LogP contribution in [0.3, 0.4) is 0 Å². The van der Waals surface area contributed by atoms with Crippen molar-refractivity contribution in [2.45, 2.75) is 0 Å². The van der Waals surface area contributed by atoms with Crippen molar-refractivity contribution in [3.05, 3.63) is 69.9 Å². The van der Waals surface area contributed by atoms with Crippen LogP contribution in [0.2, 0.25) is 0 Å². The normalized spacial score (nSPS) is 10.9. The van der Waals surface area contributed by atoms with Gasteiger partial charge < -0.3 is 4.42 Å². The first-order valence-corrected chi connectivity index (χ1v) is 6.53. The third-order valence-electron chi connectivity index (χ3n) is 2.88. The molecule has 0 unspecified atom stereocenters. The number of benzene rings is 2. The van der Waals surface area contributed by atoms with Gasteiger partial charge in [-0.15, -0.1) is 0 Å². The van der Waals surface area contributed by atoms with Gasteiger partial charge in [0.25, 0.3) is 0 Å². The maximum atomic E-state index is 13.1. The highest BCUT2D eigenvalue weighted by Gasteiger charge is 2.16. The third kappa shape index (κ3) is 2.25. The lowest BCUT2D eigenvalue weighted by Crippen LogP contribution is -2.00. The van der Waals surface area contributed by atoms with Gasteiger partial charge in [0.2, 0.25) is 5.78 Å². The maximum absolute atomic E-state index is 13.1. The van der Waals surface area contributed by atoms with Gasteiger partial charge in [-0.2, -0.15) is 0 Å². The molecule has 0 atom stereocenters. The van der Waals surface area contributed by atoms with E-state index in [-0.39, 0.29) is 11.3 Å². The molecular weight excluding hydrogens is 330 g/mol. The van der Waals surface area contributed by atoms with Crippen molar-refractivity contribution >= 4 is 32.7 Å². The second-order valence-corrected chi connectivity index (χ2v) is 5.17. The fraction of sp³-hybridized carbons (Fsp3) is 0. The zero-order valence-corrected chi connectivity index (χ0v) is 11.6. The molecule has 20 heavy (non-hydrogen) atoms. The molecule has 1 aromatic heterocycles. The molecule has 0 aliphatic heterocycles. The molecule has 0 aliphatic carbocycles. The molecule has 0 N–H and O–H groups in total. The first-order valence-electron chi connectivity index (χ1n) is 5.73. The molecule has 3 aromatic rings. The number of halogens is 3. The summed E-state index contributed by atoms with van der Waals surface area (Å²) in [5.41, 5.74) is 0.598. The van der Waals surface area contributed by atoms with Crippen LogP contribution in [0.15, 0.2) is 51.4 Å². The molecule has 0 aliphatic rings. The zero-order chi connectivity index (χ0) is 14.3. The fourth-order valence-corrected chi connectivity index (χ4v) is 2.28. The van der Waals surface area contributed by atoms with E-state index in [0.717, 1.165) is 22.0 Å². The van der Waals surface area contributed by atoms with E-state index in [1.165, 1.54) is 6.07 Å². The van der Waals surface area contributed by atoms with E-state index in [1.54, 1.807) is 24.3 Å². The summed E-state index contributed by atoms with van der Waals surface area (Å²) in [5.74, 6) is -2.45. The highest BCUT2D eigenvalue weighted by atomic mass is 79.9. The molecule has 3 rings (SSSR count). The Hall–Kier alpha value is -2.01. The molecule has 0 saturated heterocycles. The number of hydrogen-bond donors (Lipinski definition) is 0. The number of ketones is 1. The Morgan fingerprint density at radius 1 is 1.00 bits per heavy atom. The first-order chi connectivity index (χ1) is 9.54. The Morgan fingerprint density at radius 2 is 1.80 bits per heavy atom. The van der Waals surface area contributed by atoms with Gasteiger partial charge in [0.15, 0.2) is 17.4 Å². The Labute approximate surface area is 121 Å². The van der Waals surface area contributed by atoms with E-state index in [2.05, 4.69) is 15.9 Å². The number of carbonyl (C=O) groups excluding carboxylic acids is 1. The van der Waals surface area contributed by atoms with E-state index in [0.29, 0.717) is 5.58 Å². The van der Waals surface area contributed by atoms with Crippen LogP contribution >= 0.6 is 15.9 Å². The molecule has 2 nitrogen and oxygen atoms in total. The maximum Gasteiger partial charge on any atom is 0.228 e. The second-order valence-electron chi connectivity index (χ2n) is 4.25. The molecule has 100 valence electrons. The number of furan rings is 1. The standard InChI is InChI=1S/C15H7BrF2O2/c16-10-2-4-13-9(5-10)7-14(20-13)15(19)8-1-3-11(17)12(18)6-8/h1-7H. The molecule has 1 heterocycles. The summed E-state index contributed by atoms with van der Waals surface area (Å²) in [6, 6.07) is 9.90. The van der Waals surface area contributed by atoms with E-state index in [4.69, 9.17) is 4.42 Å².